The molecule has 2 unspecified atom stereocenters. The van der Waals surface area contributed by atoms with Gasteiger partial charge in [-0.2, -0.15) is 0 Å². The Labute approximate surface area is 123 Å². The van der Waals surface area contributed by atoms with Gasteiger partial charge in [0.15, 0.2) is 0 Å². The Hall–Kier alpha value is -1.95. The van der Waals surface area contributed by atoms with Crippen LogP contribution in [0.2, 0.25) is 0 Å². The molecule has 0 aliphatic heterocycles. The third-order valence-electron chi connectivity index (χ3n) is 4.22. The van der Waals surface area contributed by atoms with E-state index in [4.69, 9.17) is 5.11 Å². The van der Waals surface area contributed by atoms with Crippen LogP contribution in [0.5, 0.6) is 0 Å². The Kier molecular flexibility index (Phi) is 4.90. The normalized spacial score (nSPS) is 22.0. The minimum Gasteiger partial charge on any atom is -0.481 e. The molecule has 0 radical (unpaired) electrons. The van der Waals surface area contributed by atoms with Crippen LogP contribution in [0, 0.1) is 23.0 Å². The number of nitro benzene ring substituents is 1. The van der Waals surface area contributed by atoms with Crippen molar-refractivity contribution in [2.24, 2.45) is 5.92 Å². The lowest BCUT2D eigenvalue weighted by Crippen LogP contribution is -2.36. The van der Waals surface area contributed by atoms with Gasteiger partial charge in [-0.25, -0.2) is 0 Å². The highest BCUT2D eigenvalue weighted by atomic mass is 16.6. The molecule has 2 atom stereocenters. The highest BCUT2D eigenvalue weighted by molar-refractivity contribution is 5.70. The average molecular weight is 292 g/mol. The van der Waals surface area contributed by atoms with Crippen molar-refractivity contribution in [1.29, 1.82) is 0 Å². The number of benzene rings is 1. The van der Waals surface area contributed by atoms with Gasteiger partial charge >= 0.3 is 5.97 Å². The van der Waals surface area contributed by atoms with Gasteiger partial charge in [0.05, 0.1) is 10.8 Å². The van der Waals surface area contributed by atoms with Crippen molar-refractivity contribution in [2.75, 3.05) is 0 Å². The molecule has 0 heterocycles. The maximum Gasteiger partial charge on any atom is 0.306 e. The predicted molar refractivity (Wildman–Crippen MR) is 78.1 cm³/mol. The van der Waals surface area contributed by atoms with Gasteiger partial charge < -0.3 is 10.4 Å². The minimum absolute atomic E-state index is 0.126. The van der Waals surface area contributed by atoms with E-state index in [-0.39, 0.29) is 22.6 Å². The topological polar surface area (TPSA) is 92.5 Å². The molecule has 1 fully saturated rings. The van der Waals surface area contributed by atoms with Crippen molar-refractivity contribution in [3.05, 3.63) is 39.4 Å². The summed E-state index contributed by atoms with van der Waals surface area (Å²) in [7, 11) is 0. The Morgan fingerprint density at radius 2 is 2.24 bits per heavy atom. The number of carboxylic acid groups (broad SMARTS) is 1. The van der Waals surface area contributed by atoms with Crippen LogP contribution in [-0.4, -0.2) is 22.0 Å². The molecule has 1 aliphatic carbocycles. The fourth-order valence-corrected chi connectivity index (χ4v) is 2.91. The Balaban J connectivity index is 1.98. The molecule has 114 valence electrons. The zero-order valence-electron chi connectivity index (χ0n) is 12.0. The van der Waals surface area contributed by atoms with Gasteiger partial charge in [-0.1, -0.05) is 18.6 Å². The smallest absolute Gasteiger partial charge is 0.306 e. The van der Waals surface area contributed by atoms with E-state index in [1.165, 1.54) is 6.07 Å². The van der Waals surface area contributed by atoms with Gasteiger partial charge in [-0.3, -0.25) is 14.9 Å². The molecule has 0 saturated heterocycles. The first kappa shape index (κ1) is 15.4. The predicted octanol–water partition coefficient (Wildman–Crippen LogP) is 2.64. The number of nitrogens with zero attached hydrogens (tertiary/aromatic N) is 1. The second-order valence-corrected chi connectivity index (χ2v) is 5.60. The van der Waals surface area contributed by atoms with Gasteiger partial charge in [-0.05, 0) is 31.7 Å². The molecule has 1 aromatic rings. The quantitative estimate of drug-likeness (QED) is 0.643. The van der Waals surface area contributed by atoms with Crippen LogP contribution >= 0.6 is 0 Å². The first-order valence-electron chi connectivity index (χ1n) is 7.18. The van der Waals surface area contributed by atoms with Gasteiger partial charge in [0.25, 0.3) is 5.69 Å². The van der Waals surface area contributed by atoms with Gasteiger partial charge in [0, 0.05) is 24.2 Å². The van der Waals surface area contributed by atoms with Crippen molar-refractivity contribution < 1.29 is 14.8 Å². The van der Waals surface area contributed by atoms with E-state index in [1.807, 2.05) is 6.07 Å². The summed E-state index contributed by atoms with van der Waals surface area (Å²) in [6.07, 6.45) is 3.23. The van der Waals surface area contributed by atoms with Crippen LogP contribution in [0.4, 0.5) is 5.69 Å². The molecule has 1 aliphatic rings. The summed E-state index contributed by atoms with van der Waals surface area (Å²) in [6, 6.07) is 5.22. The van der Waals surface area contributed by atoms with Crippen molar-refractivity contribution in [2.45, 2.75) is 45.2 Å². The summed E-state index contributed by atoms with van der Waals surface area (Å²) in [4.78, 5) is 21.6. The zero-order valence-corrected chi connectivity index (χ0v) is 12.0. The van der Waals surface area contributed by atoms with Crippen LogP contribution in [0.15, 0.2) is 18.2 Å². The molecule has 0 bridgehead atoms. The second-order valence-electron chi connectivity index (χ2n) is 5.60. The van der Waals surface area contributed by atoms with Gasteiger partial charge in [0.1, 0.15) is 0 Å². The molecule has 0 amide bonds. The molecular weight excluding hydrogens is 272 g/mol. The summed E-state index contributed by atoms with van der Waals surface area (Å²) in [5.41, 5.74) is 1.68. The summed E-state index contributed by atoms with van der Waals surface area (Å²) in [5, 5.41) is 23.3. The molecule has 21 heavy (non-hydrogen) atoms. The number of rotatable bonds is 5. The largest absolute Gasteiger partial charge is 0.481 e. The maximum atomic E-state index is 11.0. The summed E-state index contributed by atoms with van der Waals surface area (Å²) >= 11 is 0. The lowest BCUT2D eigenvalue weighted by Gasteiger charge is -2.27. The molecule has 2 rings (SSSR count). The van der Waals surface area contributed by atoms with E-state index >= 15 is 0 Å². The molecule has 0 aromatic heterocycles. The Bertz CT molecular complexity index is 544. The van der Waals surface area contributed by atoms with Crippen LogP contribution < -0.4 is 5.32 Å². The van der Waals surface area contributed by atoms with Crippen molar-refractivity contribution in [3.63, 3.8) is 0 Å². The lowest BCUT2D eigenvalue weighted by atomic mass is 9.85. The van der Waals surface area contributed by atoms with Crippen LogP contribution in [0.3, 0.4) is 0 Å². The van der Waals surface area contributed by atoms with Crippen LogP contribution in [0.1, 0.15) is 36.8 Å². The molecule has 0 spiro atoms. The Morgan fingerprint density at radius 3 is 2.90 bits per heavy atom. The van der Waals surface area contributed by atoms with Crippen molar-refractivity contribution >= 4 is 11.7 Å². The fraction of sp³-hybridized carbons (Fsp3) is 0.533. The van der Waals surface area contributed by atoms with E-state index in [2.05, 4.69) is 5.32 Å². The number of nitrogens with one attached hydrogen (secondary N) is 1. The number of hydrogen-bond donors (Lipinski definition) is 2. The van der Waals surface area contributed by atoms with Gasteiger partial charge in [-0.15, -0.1) is 0 Å². The fourth-order valence-electron chi connectivity index (χ4n) is 2.91. The van der Waals surface area contributed by atoms with Crippen LogP contribution in [0.25, 0.3) is 0 Å². The molecule has 6 nitrogen and oxygen atoms in total. The highest BCUT2D eigenvalue weighted by Gasteiger charge is 2.26. The zero-order chi connectivity index (χ0) is 15.4. The van der Waals surface area contributed by atoms with Crippen LogP contribution in [-0.2, 0) is 11.3 Å². The first-order valence-corrected chi connectivity index (χ1v) is 7.18. The molecule has 6 heteroatoms. The number of nitro groups is 1. The number of carbonyl (C=O) groups is 1. The van der Waals surface area contributed by atoms with Crippen molar-refractivity contribution in [3.8, 4) is 0 Å². The summed E-state index contributed by atoms with van der Waals surface area (Å²) < 4.78 is 0. The first-order chi connectivity index (χ1) is 9.99. The number of aliphatic carboxylic acids is 1. The van der Waals surface area contributed by atoms with E-state index in [9.17, 15) is 14.9 Å². The molecule has 1 aromatic carbocycles. The van der Waals surface area contributed by atoms with E-state index in [1.54, 1.807) is 13.0 Å². The summed E-state index contributed by atoms with van der Waals surface area (Å²) in [6.45, 7) is 2.28. The maximum absolute atomic E-state index is 11.0. The minimum atomic E-state index is -0.729. The standard InChI is InChI=1S/C15H20N2O4/c1-10-12(5-3-7-14(10)17(20)21)9-16-13-6-2-4-11(8-13)15(18)19/h3,5,7,11,13,16H,2,4,6,8-9H2,1H3,(H,18,19). The monoisotopic (exact) mass is 292 g/mol. The van der Waals surface area contributed by atoms with Gasteiger partial charge in [0.2, 0.25) is 0 Å². The molecule has 2 N–H and O–H groups in total. The third-order valence-corrected chi connectivity index (χ3v) is 4.22. The van der Waals surface area contributed by atoms with E-state index < -0.39 is 5.97 Å². The second kappa shape index (κ2) is 6.67. The number of carboxylic acids is 1. The van der Waals surface area contributed by atoms with E-state index in [0.29, 0.717) is 18.5 Å². The Morgan fingerprint density at radius 1 is 1.48 bits per heavy atom. The molecular formula is C15H20N2O4. The average Bonchev–Trinajstić information content (AvgIpc) is 2.46. The highest BCUT2D eigenvalue weighted by Crippen LogP contribution is 2.26. The summed E-state index contributed by atoms with van der Waals surface area (Å²) in [5.74, 6) is -1.00. The van der Waals surface area contributed by atoms with Crippen molar-refractivity contribution in [1.82, 2.24) is 5.32 Å². The number of hydrogen-bond acceptors (Lipinski definition) is 4. The third kappa shape index (κ3) is 3.78. The lowest BCUT2D eigenvalue weighted by molar-refractivity contribution is -0.385. The molecule has 1 saturated carbocycles. The SMILES string of the molecule is Cc1c(CNC2CCCC(C(=O)O)C2)cccc1[N+](=O)[O-]. The van der Waals surface area contributed by atoms with E-state index in [0.717, 1.165) is 24.8 Å².